The van der Waals surface area contributed by atoms with E-state index in [1.165, 1.54) is 25.7 Å². The molecular formula is C16H26O4. The molecule has 114 valence electrons. The zero-order chi connectivity index (χ0) is 13.5. The molecule has 0 aromatic rings. The number of rotatable bonds is 0. The van der Waals surface area contributed by atoms with Gasteiger partial charge >= 0.3 is 0 Å². The van der Waals surface area contributed by atoms with Crippen molar-refractivity contribution >= 4 is 0 Å². The van der Waals surface area contributed by atoms with Gasteiger partial charge in [-0.25, -0.2) is 0 Å². The molecule has 0 amide bonds. The van der Waals surface area contributed by atoms with Crippen LogP contribution in [0.1, 0.15) is 51.4 Å². The van der Waals surface area contributed by atoms with Gasteiger partial charge in [0, 0.05) is 32.3 Å². The standard InChI is InChI=1S/C16H26O4/c1-3-15(5-9-17-10-6-15)19-14-13(1)2-4-16(20-14)7-11-18-12-8-16/h13-14H,1-12H2. The molecule has 4 aliphatic heterocycles. The molecule has 0 radical (unpaired) electrons. The Hall–Kier alpha value is -0.160. The van der Waals surface area contributed by atoms with E-state index >= 15 is 0 Å². The Kier molecular flexibility index (Phi) is 3.53. The smallest absolute Gasteiger partial charge is 0.161 e. The van der Waals surface area contributed by atoms with Crippen molar-refractivity contribution in [2.75, 3.05) is 26.4 Å². The molecule has 0 atom stereocenters. The Morgan fingerprint density at radius 1 is 0.600 bits per heavy atom. The van der Waals surface area contributed by atoms with Crippen molar-refractivity contribution in [3.8, 4) is 0 Å². The zero-order valence-electron chi connectivity index (χ0n) is 12.3. The van der Waals surface area contributed by atoms with Crippen molar-refractivity contribution in [3.05, 3.63) is 0 Å². The summed E-state index contributed by atoms with van der Waals surface area (Å²) in [6.07, 6.45) is 9.08. The SMILES string of the molecule is C1CC2(CCO1)CCC1CCC3(CCOCC3)OC1O2. The predicted octanol–water partition coefficient (Wildman–Crippen LogP) is 2.65. The van der Waals surface area contributed by atoms with Crippen LogP contribution in [0.25, 0.3) is 0 Å². The van der Waals surface area contributed by atoms with E-state index in [2.05, 4.69) is 0 Å². The van der Waals surface area contributed by atoms with E-state index in [-0.39, 0.29) is 17.5 Å². The minimum absolute atomic E-state index is 0.0219. The van der Waals surface area contributed by atoms with Crippen molar-refractivity contribution in [2.45, 2.75) is 68.9 Å². The molecule has 2 spiro atoms. The van der Waals surface area contributed by atoms with Crippen molar-refractivity contribution in [2.24, 2.45) is 5.92 Å². The molecule has 20 heavy (non-hydrogen) atoms. The van der Waals surface area contributed by atoms with Gasteiger partial charge in [0.15, 0.2) is 6.29 Å². The maximum absolute atomic E-state index is 6.50. The van der Waals surface area contributed by atoms with E-state index < -0.39 is 0 Å². The second-order valence-corrected chi connectivity index (χ2v) is 7.03. The van der Waals surface area contributed by atoms with Crippen LogP contribution < -0.4 is 0 Å². The van der Waals surface area contributed by atoms with Crippen molar-refractivity contribution in [1.29, 1.82) is 0 Å². The summed E-state index contributed by atoms with van der Waals surface area (Å²) < 4.78 is 24.0. The number of hydrogen-bond donors (Lipinski definition) is 0. The second kappa shape index (κ2) is 5.24. The lowest BCUT2D eigenvalue weighted by atomic mass is 9.76. The molecule has 4 saturated heterocycles. The molecule has 4 aliphatic rings. The van der Waals surface area contributed by atoms with Gasteiger partial charge in [-0.1, -0.05) is 0 Å². The van der Waals surface area contributed by atoms with Crippen LogP contribution in [0.5, 0.6) is 0 Å². The van der Waals surface area contributed by atoms with Gasteiger partial charge in [-0.15, -0.1) is 0 Å². The van der Waals surface area contributed by atoms with Crippen LogP contribution >= 0.6 is 0 Å². The molecule has 4 heterocycles. The van der Waals surface area contributed by atoms with Gasteiger partial charge in [-0.2, -0.15) is 0 Å². The third-order valence-electron chi connectivity index (χ3n) is 5.87. The largest absolute Gasteiger partial charge is 0.381 e. The third-order valence-corrected chi connectivity index (χ3v) is 5.87. The van der Waals surface area contributed by atoms with E-state index in [4.69, 9.17) is 18.9 Å². The molecule has 4 fully saturated rings. The van der Waals surface area contributed by atoms with Crippen molar-refractivity contribution in [3.63, 3.8) is 0 Å². The molecule has 0 aromatic carbocycles. The average Bonchev–Trinajstić information content (AvgIpc) is 2.48. The summed E-state index contributed by atoms with van der Waals surface area (Å²) in [7, 11) is 0. The Morgan fingerprint density at radius 3 is 1.50 bits per heavy atom. The van der Waals surface area contributed by atoms with Crippen LogP contribution in [0.15, 0.2) is 0 Å². The van der Waals surface area contributed by atoms with Gasteiger partial charge < -0.3 is 18.9 Å². The van der Waals surface area contributed by atoms with Crippen LogP contribution in [-0.4, -0.2) is 43.9 Å². The maximum atomic E-state index is 6.50. The molecule has 0 unspecified atom stereocenters. The van der Waals surface area contributed by atoms with E-state index in [0.29, 0.717) is 5.92 Å². The van der Waals surface area contributed by atoms with Crippen LogP contribution in [0.3, 0.4) is 0 Å². The molecule has 0 N–H and O–H groups in total. The zero-order valence-corrected chi connectivity index (χ0v) is 12.3. The molecule has 0 aliphatic carbocycles. The van der Waals surface area contributed by atoms with Gasteiger partial charge in [0.05, 0.1) is 11.2 Å². The number of ether oxygens (including phenoxy) is 4. The minimum Gasteiger partial charge on any atom is -0.381 e. The Balaban J connectivity index is 1.46. The molecule has 4 heteroatoms. The molecule has 0 bridgehead atoms. The highest BCUT2D eigenvalue weighted by atomic mass is 16.7. The van der Waals surface area contributed by atoms with E-state index in [1.807, 2.05) is 0 Å². The summed E-state index contributed by atoms with van der Waals surface area (Å²) >= 11 is 0. The lowest BCUT2D eigenvalue weighted by Crippen LogP contribution is -2.55. The summed E-state index contributed by atoms with van der Waals surface area (Å²) in [6.45, 7) is 3.37. The molecule has 4 nitrogen and oxygen atoms in total. The second-order valence-electron chi connectivity index (χ2n) is 7.03. The van der Waals surface area contributed by atoms with Gasteiger partial charge in [-0.3, -0.25) is 0 Å². The van der Waals surface area contributed by atoms with Crippen molar-refractivity contribution in [1.82, 2.24) is 0 Å². The van der Waals surface area contributed by atoms with Crippen LogP contribution in [0, 0.1) is 5.92 Å². The highest BCUT2D eigenvalue weighted by Gasteiger charge is 2.49. The van der Waals surface area contributed by atoms with Gasteiger partial charge in [-0.05, 0) is 51.4 Å². The van der Waals surface area contributed by atoms with Gasteiger partial charge in [0.1, 0.15) is 0 Å². The Labute approximate surface area is 121 Å². The first-order valence-electron chi connectivity index (χ1n) is 8.31. The lowest BCUT2D eigenvalue weighted by molar-refractivity contribution is -0.334. The first-order valence-corrected chi connectivity index (χ1v) is 8.31. The Morgan fingerprint density at radius 2 is 1.05 bits per heavy atom. The van der Waals surface area contributed by atoms with Gasteiger partial charge in [0.2, 0.25) is 0 Å². The highest BCUT2D eigenvalue weighted by molar-refractivity contribution is 4.95. The summed E-state index contributed by atoms with van der Waals surface area (Å²) in [4.78, 5) is 0. The first-order chi connectivity index (χ1) is 9.79. The molecule has 0 aromatic heterocycles. The fourth-order valence-electron chi connectivity index (χ4n) is 4.36. The minimum atomic E-state index is 0.0219. The normalized spacial score (nSPS) is 39.6. The fraction of sp³-hybridized carbons (Fsp3) is 1.00. The molecule has 0 saturated carbocycles. The highest BCUT2D eigenvalue weighted by Crippen LogP contribution is 2.47. The predicted molar refractivity (Wildman–Crippen MR) is 73.5 cm³/mol. The first kappa shape index (κ1) is 13.5. The Bertz CT molecular complexity index is 312. The van der Waals surface area contributed by atoms with Gasteiger partial charge in [0.25, 0.3) is 0 Å². The number of hydrogen-bond acceptors (Lipinski definition) is 4. The number of fused-ring (bicyclic) bond motifs is 1. The van der Waals surface area contributed by atoms with E-state index in [1.54, 1.807) is 0 Å². The van der Waals surface area contributed by atoms with Crippen molar-refractivity contribution < 1.29 is 18.9 Å². The van der Waals surface area contributed by atoms with Crippen LogP contribution in [0.4, 0.5) is 0 Å². The summed E-state index contributed by atoms with van der Waals surface area (Å²) in [5.74, 6) is 0.608. The molecular weight excluding hydrogens is 256 g/mol. The van der Waals surface area contributed by atoms with Crippen LogP contribution in [0.2, 0.25) is 0 Å². The fourth-order valence-corrected chi connectivity index (χ4v) is 4.36. The monoisotopic (exact) mass is 282 g/mol. The van der Waals surface area contributed by atoms with E-state index in [9.17, 15) is 0 Å². The van der Waals surface area contributed by atoms with E-state index in [0.717, 1.165) is 52.1 Å². The summed E-state index contributed by atoms with van der Waals surface area (Å²) in [5.41, 5.74) is 0.0895. The van der Waals surface area contributed by atoms with Crippen LogP contribution in [-0.2, 0) is 18.9 Å². The summed E-state index contributed by atoms with van der Waals surface area (Å²) in [6, 6.07) is 0. The lowest BCUT2D eigenvalue weighted by Gasteiger charge is -2.53. The summed E-state index contributed by atoms with van der Waals surface area (Å²) in [5, 5.41) is 0. The third kappa shape index (κ3) is 2.41. The maximum Gasteiger partial charge on any atom is 0.161 e. The quantitative estimate of drug-likeness (QED) is 0.684. The average molecular weight is 282 g/mol. The topological polar surface area (TPSA) is 36.9 Å². The molecule has 4 rings (SSSR count).